The molecule has 2 fully saturated rings. The van der Waals surface area contributed by atoms with Crippen molar-refractivity contribution < 1.29 is 14.3 Å². The molecule has 1 heterocycles. The molecule has 3 nitrogen and oxygen atoms in total. The Morgan fingerprint density at radius 2 is 2.11 bits per heavy atom. The zero-order valence-corrected chi connectivity index (χ0v) is 12.2. The van der Waals surface area contributed by atoms with Gasteiger partial charge in [-0.3, -0.25) is 4.79 Å². The van der Waals surface area contributed by atoms with Crippen LogP contribution < -0.4 is 0 Å². The lowest BCUT2D eigenvalue weighted by molar-refractivity contribution is -0.184. The molecule has 0 aromatic heterocycles. The first-order chi connectivity index (χ1) is 9.03. The number of carbonyl (C=O) groups excluding carboxylic acids is 1. The minimum absolute atomic E-state index is 0.0201. The molecule has 1 saturated carbocycles. The molecule has 0 bridgehead atoms. The lowest BCUT2D eigenvalue weighted by Crippen LogP contribution is -2.35. The van der Waals surface area contributed by atoms with Crippen LogP contribution in [0.5, 0.6) is 0 Å². The molecule has 1 aliphatic carbocycles. The molecule has 1 aliphatic heterocycles. The summed E-state index contributed by atoms with van der Waals surface area (Å²) in [6, 6.07) is 0. The van der Waals surface area contributed by atoms with Gasteiger partial charge in [-0.2, -0.15) is 0 Å². The zero-order chi connectivity index (χ0) is 13.9. The summed E-state index contributed by atoms with van der Waals surface area (Å²) in [5.41, 5.74) is 1.12. The van der Waals surface area contributed by atoms with Gasteiger partial charge < -0.3 is 9.47 Å². The van der Waals surface area contributed by atoms with Crippen LogP contribution in [0.4, 0.5) is 0 Å². The van der Waals surface area contributed by atoms with Gasteiger partial charge in [-0.1, -0.05) is 19.1 Å². The molecule has 0 aromatic rings. The Bertz CT molecular complexity index is 344. The topological polar surface area (TPSA) is 35.5 Å². The van der Waals surface area contributed by atoms with Gasteiger partial charge in [-0.05, 0) is 44.4 Å². The Morgan fingerprint density at radius 3 is 2.68 bits per heavy atom. The van der Waals surface area contributed by atoms with E-state index in [2.05, 4.69) is 13.5 Å². The van der Waals surface area contributed by atoms with Crippen LogP contribution in [0.1, 0.15) is 52.4 Å². The van der Waals surface area contributed by atoms with E-state index in [0.717, 1.165) is 50.9 Å². The van der Waals surface area contributed by atoms with E-state index in [4.69, 9.17) is 9.47 Å². The summed E-state index contributed by atoms with van der Waals surface area (Å²) in [6.07, 6.45) is 5.42. The highest BCUT2D eigenvalue weighted by atomic mass is 16.7. The fourth-order valence-corrected chi connectivity index (χ4v) is 3.14. The van der Waals surface area contributed by atoms with Crippen molar-refractivity contribution >= 4 is 5.78 Å². The molecular weight excluding hydrogens is 240 g/mol. The number of carbonyl (C=O) groups is 1. The highest BCUT2D eigenvalue weighted by Crippen LogP contribution is 2.46. The molecule has 2 atom stereocenters. The average molecular weight is 266 g/mol. The van der Waals surface area contributed by atoms with E-state index in [-0.39, 0.29) is 17.6 Å². The first-order valence-corrected chi connectivity index (χ1v) is 7.45. The summed E-state index contributed by atoms with van der Waals surface area (Å²) < 4.78 is 11.2. The van der Waals surface area contributed by atoms with Gasteiger partial charge in [0.2, 0.25) is 0 Å². The zero-order valence-electron chi connectivity index (χ0n) is 12.2. The van der Waals surface area contributed by atoms with Gasteiger partial charge in [0.05, 0.1) is 13.2 Å². The fraction of sp³-hybridized carbons (Fsp3) is 0.812. The summed E-state index contributed by atoms with van der Waals surface area (Å²) in [7, 11) is 0. The van der Waals surface area contributed by atoms with Crippen LogP contribution in [0.15, 0.2) is 12.2 Å². The summed E-state index contributed by atoms with van der Waals surface area (Å²) in [4.78, 5) is 12.1. The van der Waals surface area contributed by atoms with Gasteiger partial charge in [0, 0.05) is 12.3 Å². The number of Topliss-reactive ketones (excluding diaryl/α,β-unsaturated/α-hetero) is 1. The molecule has 19 heavy (non-hydrogen) atoms. The predicted octanol–water partition coefficient (Wildman–Crippen LogP) is 3.48. The Balaban J connectivity index is 1.95. The number of ether oxygens (including phenoxy) is 2. The number of rotatable bonds is 4. The molecule has 2 aliphatic rings. The molecule has 108 valence electrons. The molecule has 1 saturated heterocycles. The van der Waals surface area contributed by atoms with E-state index in [1.807, 2.05) is 6.92 Å². The number of hydrogen-bond acceptors (Lipinski definition) is 3. The molecular formula is C16H26O3. The van der Waals surface area contributed by atoms with Gasteiger partial charge in [0.25, 0.3) is 0 Å². The molecule has 2 unspecified atom stereocenters. The van der Waals surface area contributed by atoms with E-state index >= 15 is 0 Å². The Hall–Kier alpha value is -0.670. The van der Waals surface area contributed by atoms with E-state index in [0.29, 0.717) is 12.2 Å². The molecule has 0 N–H and O–H groups in total. The summed E-state index contributed by atoms with van der Waals surface area (Å²) in [5.74, 6) is 0.606. The number of ketones is 1. The molecule has 0 aromatic carbocycles. The monoisotopic (exact) mass is 266 g/mol. The van der Waals surface area contributed by atoms with Crippen molar-refractivity contribution in [2.75, 3.05) is 13.2 Å². The Labute approximate surface area is 116 Å². The molecule has 2 rings (SSSR count). The summed E-state index contributed by atoms with van der Waals surface area (Å²) >= 11 is 0. The minimum atomic E-state index is -0.0839. The third kappa shape index (κ3) is 3.46. The molecule has 3 heteroatoms. The average Bonchev–Trinajstić information content (AvgIpc) is 2.41. The normalized spacial score (nSPS) is 33.4. The lowest BCUT2D eigenvalue weighted by Gasteiger charge is -2.40. The third-order valence-corrected chi connectivity index (χ3v) is 4.78. The smallest absolute Gasteiger partial charge is 0.157 e. The Kier molecular flexibility index (Phi) is 4.80. The van der Waals surface area contributed by atoms with Crippen molar-refractivity contribution in [1.29, 1.82) is 0 Å². The van der Waals surface area contributed by atoms with E-state index in [1.165, 1.54) is 0 Å². The maximum Gasteiger partial charge on any atom is 0.157 e. The van der Waals surface area contributed by atoms with Crippen molar-refractivity contribution in [1.82, 2.24) is 0 Å². The van der Waals surface area contributed by atoms with Crippen LogP contribution >= 0.6 is 0 Å². The lowest BCUT2D eigenvalue weighted by atomic mass is 9.64. The van der Waals surface area contributed by atoms with Crippen molar-refractivity contribution in [3.63, 3.8) is 0 Å². The first-order valence-electron chi connectivity index (χ1n) is 7.45. The van der Waals surface area contributed by atoms with Crippen LogP contribution in [0, 0.1) is 11.3 Å². The quantitative estimate of drug-likeness (QED) is 0.731. The standard InChI is InChI=1S/C16H26O3/c1-12(2)16(7-5-13(3)14(17)11-16)8-6-15-18-9-4-10-19-15/h13,15H,1,4-11H2,2-3H3. The molecule has 0 radical (unpaired) electrons. The van der Waals surface area contributed by atoms with Crippen molar-refractivity contribution in [3.05, 3.63) is 12.2 Å². The van der Waals surface area contributed by atoms with Crippen molar-refractivity contribution in [2.45, 2.75) is 58.7 Å². The van der Waals surface area contributed by atoms with E-state index < -0.39 is 0 Å². The first kappa shape index (κ1) is 14.7. The summed E-state index contributed by atoms with van der Waals surface area (Å²) in [6.45, 7) is 9.83. The third-order valence-electron chi connectivity index (χ3n) is 4.78. The van der Waals surface area contributed by atoms with Gasteiger partial charge in [0.15, 0.2) is 6.29 Å². The van der Waals surface area contributed by atoms with E-state index in [1.54, 1.807) is 0 Å². The van der Waals surface area contributed by atoms with Crippen LogP contribution in [0.3, 0.4) is 0 Å². The van der Waals surface area contributed by atoms with Crippen LogP contribution in [0.2, 0.25) is 0 Å². The van der Waals surface area contributed by atoms with Crippen LogP contribution in [-0.4, -0.2) is 25.3 Å². The van der Waals surface area contributed by atoms with Crippen molar-refractivity contribution in [2.24, 2.45) is 11.3 Å². The second kappa shape index (κ2) is 6.19. The second-order valence-corrected chi connectivity index (χ2v) is 6.21. The number of allylic oxidation sites excluding steroid dienone is 1. The number of hydrogen-bond donors (Lipinski definition) is 0. The largest absolute Gasteiger partial charge is 0.353 e. The highest BCUT2D eigenvalue weighted by Gasteiger charge is 2.39. The van der Waals surface area contributed by atoms with E-state index in [9.17, 15) is 4.79 Å². The van der Waals surface area contributed by atoms with Gasteiger partial charge >= 0.3 is 0 Å². The maximum atomic E-state index is 12.1. The SMILES string of the molecule is C=C(C)C1(CCC2OCCCO2)CCC(C)C(=O)C1. The van der Waals surface area contributed by atoms with Gasteiger partial charge in [-0.25, -0.2) is 0 Å². The maximum absolute atomic E-state index is 12.1. The van der Waals surface area contributed by atoms with Crippen LogP contribution in [0.25, 0.3) is 0 Å². The van der Waals surface area contributed by atoms with Crippen molar-refractivity contribution in [3.8, 4) is 0 Å². The molecule has 0 amide bonds. The van der Waals surface area contributed by atoms with Crippen LogP contribution in [-0.2, 0) is 14.3 Å². The highest BCUT2D eigenvalue weighted by molar-refractivity contribution is 5.82. The molecule has 0 spiro atoms. The van der Waals surface area contributed by atoms with Gasteiger partial charge in [0.1, 0.15) is 5.78 Å². The predicted molar refractivity (Wildman–Crippen MR) is 74.8 cm³/mol. The fourth-order valence-electron chi connectivity index (χ4n) is 3.14. The van der Waals surface area contributed by atoms with Gasteiger partial charge in [-0.15, -0.1) is 0 Å². The minimum Gasteiger partial charge on any atom is -0.353 e. The summed E-state index contributed by atoms with van der Waals surface area (Å²) in [5, 5.41) is 0. The Morgan fingerprint density at radius 1 is 1.42 bits per heavy atom. The second-order valence-electron chi connectivity index (χ2n) is 6.21.